The van der Waals surface area contributed by atoms with E-state index in [0.29, 0.717) is 12.0 Å². The summed E-state index contributed by atoms with van der Waals surface area (Å²) in [6, 6.07) is 0.451. The topological polar surface area (TPSA) is 12.5 Å². The molecule has 13 heavy (non-hydrogen) atoms. The predicted molar refractivity (Wildman–Crippen MR) is 53.1 cm³/mol. The van der Waals surface area contributed by atoms with Crippen LogP contribution >= 0.6 is 0 Å². The Bertz CT molecular complexity index is 244. The Labute approximate surface area is 79.8 Å². The molecule has 2 heteroatoms. The van der Waals surface area contributed by atoms with Crippen molar-refractivity contribution in [1.29, 1.82) is 0 Å². The zero-order valence-corrected chi connectivity index (χ0v) is 8.36. The van der Waals surface area contributed by atoms with E-state index in [-0.39, 0.29) is 0 Å². The zero-order chi connectivity index (χ0) is 9.26. The summed E-state index contributed by atoms with van der Waals surface area (Å²) < 4.78 is 0. The Balaban J connectivity index is 2.20. The van der Waals surface area contributed by atoms with Gasteiger partial charge in [0.15, 0.2) is 0 Å². The van der Waals surface area contributed by atoms with E-state index in [2.05, 4.69) is 25.2 Å². The lowest BCUT2D eigenvalue weighted by molar-refractivity contribution is -0.153. The van der Waals surface area contributed by atoms with Crippen LogP contribution in [0.15, 0.2) is 23.8 Å². The van der Waals surface area contributed by atoms with Crippen LogP contribution in [0.4, 0.5) is 0 Å². The second-order valence-electron chi connectivity index (χ2n) is 3.91. The molecule has 0 aromatic heterocycles. The molecule has 0 spiro atoms. The molecule has 1 aliphatic carbocycles. The van der Waals surface area contributed by atoms with Crippen LogP contribution in [0.5, 0.6) is 0 Å². The van der Waals surface area contributed by atoms with E-state index in [1.165, 1.54) is 18.4 Å². The van der Waals surface area contributed by atoms with Gasteiger partial charge in [0.1, 0.15) is 0 Å². The molecule has 72 valence electrons. The summed E-state index contributed by atoms with van der Waals surface area (Å²) in [5.74, 6) is 0.664. The summed E-state index contributed by atoms with van der Waals surface area (Å²) in [6.45, 7) is 3.09. The molecule has 2 aliphatic rings. The lowest BCUT2D eigenvalue weighted by atomic mass is 9.85. The predicted octanol–water partition coefficient (Wildman–Crippen LogP) is 2.14. The van der Waals surface area contributed by atoms with Gasteiger partial charge in [0.05, 0.1) is 12.6 Å². The van der Waals surface area contributed by atoms with Crippen molar-refractivity contribution in [2.75, 3.05) is 13.7 Å². The lowest BCUT2D eigenvalue weighted by Gasteiger charge is -2.31. The Morgan fingerprint density at radius 3 is 3.23 bits per heavy atom. The fraction of sp³-hybridized carbons (Fsp3) is 0.636. The molecule has 2 unspecified atom stereocenters. The molecular weight excluding hydrogens is 162 g/mol. The van der Waals surface area contributed by atoms with Crippen LogP contribution in [-0.4, -0.2) is 24.8 Å². The number of hydroxylamine groups is 2. The van der Waals surface area contributed by atoms with E-state index in [4.69, 9.17) is 4.84 Å². The molecule has 1 aliphatic heterocycles. The molecule has 1 fully saturated rings. The van der Waals surface area contributed by atoms with Crippen molar-refractivity contribution in [3.8, 4) is 0 Å². The summed E-state index contributed by atoms with van der Waals surface area (Å²) in [5.41, 5.74) is 1.49. The van der Waals surface area contributed by atoms with E-state index in [9.17, 15) is 0 Å². The molecule has 2 rings (SSSR count). The number of hydrogen-bond donors (Lipinski definition) is 0. The Hall–Kier alpha value is -0.600. The summed E-state index contributed by atoms with van der Waals surface area (Å²) in [6.07, 6.45) is 9.02. The molecule has 0 N–H and O–H groups in total. The fourth-order valence-corrected chi connectivity index (χ4v) is 2.22. The smallest absolute Gasteiger partial charge is 0.0685 e. The maximum atomic E-state index is 5.58. The minimum atomic E-state index is 0.451. The maximum Gasteiger partial charge on any atom is 0.0685 e. The Morgan fingerprint density at radius 2 is 2.38 bits per heavy atom. The molecule has 0 aromatic carbocycles. The third kappa shape index (κ3) is 1.69. The molecule has 2 nitrogen and oxygen atoms in total. The van der Waals surface area contributed by atoms with Crippen molar-refractivity contribution in [3.63, 3.8) is 0 Å². The van der Waals surface area contributed by atoms with E-state index in [1.807, 2.05) is 12.1 Å². The van der Waals surface area contributed by atoms with Crippen LogP contribution in [0.2, 0.25) is 0 Å². The quantitative estimate of drug-likeness (QED) is 0.565. The zero-order valence-electron chi connectivity index (χ0n) is 8.36. The van der Waals surface area contributed by atoms with E-state index in [1.54, 1.807) is 0 Å². The average molecular weight is 179 g/mol. The van der Waals surface area contributed by atoms with Gasteiger partial charge in [-0.2, -0.15) is 5.06 Å². The normalized spacial score (nSPS) is 35.1. The maximum absolute atomic E-state index is 5.58. The highest BCUT2D eigenvalue weighted by molar-refractivity contribution is 5.23. The monoisotopic (exact) mass is 179 g/mol. The van der Waals surface area contributed by atoms with Gasteiger partial charge in [0.2, 0.25) is 0 Å². The van der Waals surface area contributed by atoms with Crippen molar-refractivity contribution in [2.45, 2.75) is 25.8 Å². The molecular formula is C11H17NO. The standard InChI is InChI=1S/C11H17NO/c1-9-5-3-7-11-10(9)6-4-8-13-12(11)2/h3,5,7,10-11H,4,6,8H2,1-2H3. The Morgan fingerprint density at radius 1 is 1.54 bits per heavy atom. The Kier molecular flexibility index (Phi) is 2.51. The number of hydrogen-bond acceptors (Lipinski definition) is 2. The average Bonchev–Trinajstić information content (AvgIpc) is 2.30. The number of allylic oxidation sites excluding steroid dienone is 2. The first-order valence-electron chi connectivity index (χ1n) is 5.00. The van der Waals surface area contributed by atoms with Gasteiger partial charge in [-0.25, -0.2) is 0 Å². The number of likely N-dealkylation sites (N-methyl/N-ethyl adjacent to an activating group) is 1. The van der Waals surface area contributed by atoms with E-state index >= 15 is 0 Å². The number of rotatable bonds is 0. The van der Waals surface area contributed by atoms with E-state index < -0.39 is 0 Å². The highest BCUT2D eigenvalue weighted by Gasteiger charge is 2.28. The van der Waals surface area contributed by atoms with Crippen LogP contribution in [0, 0.1) is 5.92 Å². The van der Waals surface area contributed by atoms with Crippen LogP contribution in [0.1, 0.15) is 19.8 Å². The summed E-state index contributed by atoms with van der Waals surface area (Å²) >= 11 is 0. The van der Waals surface area contributed by atoms with E-state index in [0.717, 1.165) is 6.61 Å². The highest BCUT2D eigenvalue weighted by atomic mass is 16.7. The van der Waals surface area contributed by atoms with Crippen LogP contribution < -0.4 is 0 Å². The number of nitrogens with zero attached hydrogens (tertiary/aromatic N) is 1. The van der Waals surface area contributed by atoms with Crippen molar-refractivity contribution >= 4 is 0 Å². The van der Waals surface area contributed by atoms with Crippen LogP contribution in [-0.2, 0) is 4.84 Å². The third-order valence-corrected chi connectivity index (χ3v) is 3.04. The first-order valence-corrected chi connectivity index (χ1v) is 5.00. The van der Waals surface area contributed by atoms with Gasteiger partial charge in [-0.3, -0.25) is 4.84 Å². The van der Waals surface area contributed by atoms with Crippen molar-refractivity contribution in [3.05, 3.63) is 23.8 Å². The van der Waals surface area contributed by atoms with Crippen molar-refractivity contribution < 1.29 is 4.84 Å². The molecule has 1 heterocycles. The van der Waals surface area contributed by atoms with Gasteiger partial charge in [-0.15, -0.1) is 0 Å². The molecule has 1 saturated heterocycles. The van der Waals surface area contributed by atoms with Crippen molar-refractivity contribution in [1.82, 2.24) is 5.06 Å². The van der Waals surface area contributed by atoms with Gasteiger partial charge in [-0.05, 0) is 19.8 Å². The van der Waals surface area contributed by atoms with Crippen molar-refractivity contribution in [2.24, 2.45) is 5.92 Å². The highest BCUT2D eigenvalue weighted by Crippen LogP contribution is 2.30. The minimum Gasteiger partial charge on any atom is -0.299 e. The van der Waals surface area contributed by atoms with Crippen LogP contribution in [0.3, 0.4) is 0 Å². The van der Waals surface area contributed by atoms with Gasteiger partial charge in [-0.1, -0.05) is 23.8 Å². The van der Waals surface area contributed by atoms with Crippen LogP contribution in [0.25, 0.3) is 0 Å². The minimum absolute atomic E-state index is 0.451. The summed E-state index contributed by atoms with van der Waals surface area (Å²) in [7, 11) is 2.03. The molecule has 0 bridgehead atoms. The molecule has 0 amide bonds. The van der Waals surface area contributed by atoms with Gasteiger partial charge >= 0.3 is 0 Å². The first kappa shape index (κ1) is 8.97. The second-order valence-corrected chi connectivity index (χ2v) is 3.91. The van der Waals surface area contributed by atoms with Gasteiger partial charge < -0.3 is 0 Å². The SMILES string of the molecule is CC1=CC=CC2C1CCCON2C. The summed E-state index contributed by atoms with van der Waals surface area (Å²) in [4.78, 5) is 5.58. The largest absolute Gasteiger partial charge is 0.299 e. The third-order valence-electron chi connectivity index (χ3n) is 3.04. The number of fused-ring (bicyclic) bond motifs is 1. The summed E-state index contributed by atoms with van der Waals surface area (Å²) in [5, 5.41) is 2.00. The lowest BCUT2D eigenvalue weighted by Crippen LogP contribution is -2.36. The fourth-order valence-electron chi connectivity index (χ4n) is 2.22. The molecule has 2 atom stereocenters. The first-order chi connectivity index (χ1) is 6.29. The molecule has 0 aromatic rings. The van der Waals surface area contributed by atoms with Gasteiger partial charge in [0.25, 0.3) is 0 Å². The second kappa shape index (κ2) is 3.64. The molecule has 0 saturated carbocycles. The van der Waals surface area contributed by atoms with Gasteiger partial charge in [0, 0.05) is 13.0 Å². The molecule has 0 radical (unpaired) electrons.